The molecule has 1 aromatic rings. The standard InChI is InChI=1S/C12H15NO3/c1-12(2,8-14)10(16-11(13)15)9-6-4-3-5-7-9/h3-8,10H,1-2H3,(H2,13,15). The van der Waals surface area contributed by atoms with Crippen molar-refractivity contribution in [1.29, 1.82) is 0 Å². The predicted molar refractivity (Wildman–Crippen MR) is 59.7 cm³/mol. The average molecular weight is 221 g/mol. The molecule has 1 amide bonds. The third-order valence-electron chi connectivity index (χ3n) is 2.32. The van der Waals surface area contributed by atoms with Gasteiger partial charge in [-0.1, -0.05) is 30.3 Å². The predicted octanol–water partition coefficient (Wildman–Crippen LogP) is 2.05. The van der Waals surface area contributed by atoms with Crippen LogP contribution in [0.2, 0.25) is 0 Å². The van der Waals surface area contributed by atoms with Gasteiger partial charge in [0.05, 0.1) is 5.41 Å². The lowest BCUT2D eigenvalue weighted by Crippen LogP contribution is -2.30. The lowest BCUT2D eigenvalue weighted by molar-refractivity contribution is -0.120. The van der Waals surface area contributed by atoms with Gasteiger partial charge in [0.2, 0.25) is 0 Å². The van der Waals surface area contributed by atoms with Crippen LogP contribution in [0.1, 0.15) is 25.5 Å². The highest BCUT2D eigenvalue weighted by Gasteiger charge is 2.33. The summed E-state index contributed by atoms with van der Waals surface area (Å²) >= 11 is 0. The fraction of sp³-hybridized carbons (Fsp3) is 0.333. The number of benzene rings is 1. The fourth-order valence-electron chi connectivity index (χ4n) is 1.46. The van der Waals surface area contributed by atoms with Crippen LogP contribution in [0.3, 0.4) is 0 Å². The number of primary amides is 1. The zero-order chi connectivity index (χ0) is 12.2. The SMILES string of the molecule is CC(C)(C=O)C(OC(N)=O)c1ccccc1. The van der Waals surface area contributed by atoms with Gasteiger partial charge in [-0.15, -0.1) is 0 Å². The van der Waals surface area contributed by atoms with Gasteiger partial charge in [-0.3, -0.25) is 0 Å². The highest BCUT2D eigenvalue weighted by molar-refractivity contribution is 5.67. The molecule has 2 N–H and O–H groups in total. The van der Waals surface area contributed by atoms with Crippen LogP contribution in [0.4, 0.5) is 4.79 Å². The molecule has 4 heteroatoms. The van der Waals surface area contributed by atoms with Gasteiger partial charge in [0, 0.05) is 0 Å². The van der Waals surface area contributed by atoms with Gasteiger partial charge in [0.15, 0.2) is 0 Å². The first-order valence-electron chi connectivity index (χ1n) is 4.95. The third kappa shape index (κ3) is 2.82. The Hall–Kier alpha value is -1.84. The van der Waals surface area contributed by atoms with Crippen LogP contribution in [0.5, 0.6) is 0 Å². The molecule has 0 fully saturated rings. The highest BCUT2D eigenvalue weighted by Crippen LogP contribution is 2.34. The monoisotopic (exact) mass is 221 g/mol. The van der Waals surface area contributed by atoms with Crippen LogP contribution in [-0.4, -0.2) is 12.4 Å². The van der Waals surface area contributed by atoms with E-state index in [1.165, 1.54) is 0 Å². The Kier molecular flexibility index (Phi) is 3.66. The van der Waals surface area contributed by atoms with Crippen molar-refractivity contribution < 1.29 is 14.3 Å². The number of rotatable bonds is 4. The largest absolute Gasteiger partial charge is 0.440 e. The number of amides is 1. The number of ether oxygens (including phenoxy) is 1. The molecule has 16 heavy (non-hydrogen) atoms. The van der Waals surface area contributed by atoms with Gasteiger partial charge in [0.1, 0.15) is 12.4 Å². The lowest BCUT2D eigenvalue weighted by Gasteiger charge is -2.28. The maximum absolute atomic E-state index is 11.0. The van der Waals surface area contributed by atoms with Crippen molar-refractivity contribution >= 4 is 12.4 Å². The summed E-state index contributed by atoms with van der Waals surface area (Å²) in [5.74, 6) is 0. The van der Waals surface area contributed by atoms with E-state index in [0.717, 1.165) is 11.8 Å². The summed E-state index contributed by atoms with van der Waals surface area (Å²) in [5.41, 5.74) is 4.94. The van der Waals surface area contributed by atoms with Crippen LogP contribution in [0.15, 0.2) is 30.3 Å². The van der Waals surface area contributed by atoms with Crippen molar-refractivity contribution in [2.75, 3.05) is 0 Å². The zero-order valence-electron chi connectivity index (χ0n) is 9.34. The molecule has 0 aliphatic rings. The van der Waals surface area contributed by atoms with E-state index in [4.69, 9.17) is 10.5 Å². The molecule has 0 aromatic heterocycles. The Bertz CT molecular complexity index is 373. The topological polar surface area (TPSA) is 69.4 Å². The quantitative estimate of drug-likeness (QED) is 0.791. The molecule has 1 unspecified atom stereocenters. The van der Waals surface area contributed by atoms with Crippen molar-refractivity contribution in [3.63, 3.8) is 0 Å². The summed E-state index contributed by atoms with van der Waals surface area (Å²) in [6.07, 6.45) is -0.791. The van der Waals surface area contributed by atoms with E-state index >= 15 is 0 Å². The second-order valence-corrected chi connectivity index (χ2v) is 4.17. The molecule has 4 nitrogen and oxygen atoms in total. The van der Waals surface area contributed by atoms with Crippen LogP contribution in [-0.2, 0) is 9.53 Å². The van der Waals surface area contributed by atoms with E-state index in [2.05, 4.69) is 0 Å². The van der Waals surface area contributed by atoms with Gasteiger partial charge >= 0.3 is 6.09 Å². The number of hydrogen-bond donors (Lipinski definition) is 1. The number of carbonyl (C=O) groups is 2. The van der Waals surface area contributed by atoms with Crippen LogP contribution in [0.25, 0.3) is 0 Å². The number of hydrogen-bond acceptors (Lipinski definition) is 3. The van der Waals surface area contributed by atoms with Crippen molar-refractivity contribution in [2.45, 2.75) is 20.0 Å². The number of nitrogens with two attached hydrogens (primary N) is 1. The maximum atomic E-state index is 11.0. The molecule has 86 valence electrons. The molecule has 0 aliphatic heterocycles. The first-order valence-corrected chi connectivity index (χ1v) is 4.95. The fourth-order valence-corrected chi connectivity index (χ4v) is 1.46. The van der Waals surface area contributed by atoms with Crippen LogP contribution in [0, 0.1) is 5.41 Å². The molecule has 0 spiro atoms. The van der Waals surface area contributed by atoms with E-state index in [1.54, 1.807) is 26.0 Å². The molecule has 0 heterocycles. The Morgan fingerprint density at radius 3 is 2.38 bits per heavy atom. The van der Waals surface area contributed by atoms with Gasteiger partial charge in [-0.25, -0.2) is 4.79 Å². The van der Waals surface area contributed by atoms with E-state index in [-0.39, 0.29) is 0 Å². The molecule has 1 rings (SSSR count). The first-order chi connectivity index (χ1) is 7.47. The van der Waals surface area contributed by atoms with Crippen LogP contribution >= 0.6 is 0 Å². The van der Waals surface area contributed by atoms with Gasteiger partial charge < -0.3 is 15.3 Å². The normalized spacial score (nSPS) is 12.9. The van der Waals surface area contributed by atoms with E-state index in [1.807, 2.05) is 18.2 Å². The summed E-state index contributed by atoms with van der Waals surface area (Å²) in [4.78, 5) is 21.8. The molecule has 0 radical (unpaired) electrons. The summed E-state index contributed by atoms with van der Waals surface area (Å²) in [7, 11) is 0. The second-order valence-electron chi connectivity index (χ2n) is 4.17. The maximum Gasteiger partial charge on any atom is 0.405 e. The molecular weight excluding hydrogens is 206 g/mol. The third-order valence-corrected chi connectivity index (χ3v) is 2.32. The smallest absolute Gasteiger partial charge is 0.405 e. The number of aldehydes is 1. The minimum atomic E-state index is -0.885. The summed E-state index contributed by atoms with van der Waals surface area (Å²) in [5, 5.41) is 0. The van der Waals surface area contributed by atoms with E-state index in [9.17, 15) is 9.59 Å². The first kappa shape index (κ1) is 12.2. The summed E-state index contributed by atoms with van der Waals surface area (Å²) in [6, 6.07) is 9.05. The molecular formula is C12H15NO3. The summed E-state index contributed by atoms with van der Waals surface area (Å²) < 4.78 is 5.00. The highest BCUT2D eigenvalue weighted by atomic mass is 16.6. The van der Waals surface area contributed by atoms with Crippen LogP contribution < -0.4 is 5.73 Å². The van der Waals surface area contributed by atoms with Crippen molar-refractivity contribution in [3.8, 4) is 0 Å². The van der Waals surface area contributed by atoms with Crippen molar-refractivity contribution in [3.05, 3.63) is 35.9 Å². The molecule has 0 bridgehead atoms. The van der Waals surface area contributed by atoms with E-state index < -0.39 is 17.6 Å². The average Bonchev–Trinajstić information content (AvgIpc) is 2.27. The van der Waals surface area contributed by atoms with Gasteiger partial charge in [-0.2, -0.15) is 0 Å². The molecule has 1 aromatic carbocycles. The molecule has 0 saturated heterocycles. The molecule has 0 aliphatic carbocycles. The Morgan fingerprint density at radius 2 is 1.94 bits per heavy atom. The minimum Gasteiger partial charge on any atom is -0.440 e. The molecule has 0 saturated carbocycles. The van der Waals surface area contributed by atoms with E-state index in [0.29, 0.717) is 0 Å². The number of carbonyl (C=O) groups excluding carboxylic acids is 2. The van der Waals surface area contributed by atoms with Crippen molar-refractivity contribution in [1.82, 2.24) is 0 Å². The van der Waals surface area contributed by atoms with Gasteiger partial charge in [0.25, 0.3) is 0 Å². The Labute approximate surface area is 94.4 Å². The molecule has 1 atom stereocenters. The lowest BCUT2D eigenvalue weighted by atomic mass is 9.84. The zero-order valence-corrected chi connectivity index (χ0v) is 9.34. The minimum absolute atomic E-state index is 0.663. The Balaban J connectivity index is 3.06. The second kappa shape index (κ2) is 4.79. The Morgan fingerprint density at radius 1 is 1.38 bits per heavy atom. The summed E-state index contributed by atoms with van der Waals surface area (Å²) in [6.45, 7) is 3.39. The van der Waals surface area contributed by atoms with Gasteiger partial charge in [-0.05, 0) is 19.4 Å². The van der Waals surface area contributed by atoms with Crippen molar-refractivity contribution in [2.24, 2.45) is 11.1 Å².